The third-order valence-corrected chi connectivity index (χ3v) is 12.0. The van der Waals surface area contributed by atoms with Crippen LogP contribution in [0.15, 0.2) is 130 Å². The van der Waals surface area contributed by atoms with Crippen LogP contribution in [0.25, 0.3) is 78.1 Å². The monoisotopic (exact) mass is 649 g/mol. The predicted octanol–water partition coefficient (Wildman–Crippen LogP) is 11.7. The van der Waals surface area contributed by atoms with Crippen LogP contribution in [-0.2, 0) is 5.41 Å². The minimum atomic E-state index is 0.347. The van der Waals surface area contributed by atoms with E-state index in [0.29, 0.717) is 11.2 Å². The Hall–Kier alpha value is -5.55. The first-order valence-corrected chi connectivity index (χ1v) is 18.0. The summed E-state index contributed by atoms with van der Waals surface area (Å²) >= 11 is 0. The summed E-state index contributed by atoms with van der Waals surface area (Å²) in [6.45, 7) is 0. The average molecular weight is 650 g/mol. The highest BCUT2D eigenvalue weighted by molar-refractivity contribution is 6.07. The molecule has 4 bridgehead atoms. The summed E-state index contributed by atoms with van der Waals surface area (Å²) in [5.74, 6) is 3.42. The van der Waals surface area contributed by atoms with Crippen molar-refractivity contribution < 1.29 is 8.83 Å². The van der Waals surface area contributed by atoms with Crippen molar-refractivity contribution in [1.82, 2.24) is 15.0 Å². The molecule has 242 valence electrons. The molecule has 0 atom stereocenters. The van der Waals surface area contributed by atoms with Gasteiger partial charge in [-0.05, 0) is 109 Å². The Morgan fingerprint density at radius 2 is 1.20 bits per heavy atom. The normalized spacial score (nSPS) is 22.6. The zero-order chi connectivity index (χ0) is 32.8. The van der Waals surface area contributed by atoms with Crippen LogP contribution in [0.2, 0.25) is 0 Å². The number of oxazole rings is 1. The molecule has 8 aromatic rings. The predicted molar refractivity (Wildman–Crippen MR) is 198 cm³/mol. The molecule has 5 aromatic carbocycles. The highest BCUT2D eigenvalue weighted by atomic mass is 16.3. The van der Waals surface area contributed by atoms with E-state index in [2.05, 4.69) is 60.7 Å². The van der Waals surface area contributed by atoms with Crippen LogP contribution in [0.1, 0.15) is 44.1 Å². The van der Waals surface area contributed by atoms with E-state index in [-0.39, 0.29) is 0 Å². The molecule has 50 heavy (non-hydrogen) atoms. The van der Waals surface area contributed by atoms with Crippen LogP contribution in [-0.4, -0.2) is 15.0 Å². The first-order valence-electron chi connectivity index (χ1n) is 18.0. The molecule has 4 aliphatic rings. The van der Waals surface area contributed by atoms with Crippen molar-refractivity contribution in [3.8, 4) is 45.0 Å². The summed E-state index contributed by atoms with van der Waals surface area (Å²) in [5, 5.41) is 2.33. The lowest BCUT2D eigenvalue weighted by atomic mass is 9.48. The molecule has 0 radical (unpaired) electrons. The third-order valence-electron chi connectivity index (χ3n) is 12.0. The van der Waals surface area contributed by atoms with Crippen LogP contribution in [0.4, 0.5) is 0 Å². The maximum Gasteiger partial charge on any atom is 0.182 e. The molecular formula is C45H35N3O2. The Labute approximate surface area is 290 Å². The zero-order valence-corrected chi connectivity index (χ0v) is 27.7. The summed E-state index contributed by atoms with van der Waals surface area (Å²) in [5.41, 5.74) is 11.8. The van der Waals surface area contributed by atoms with Crippen molar-refractivity contribution in [3.05, 3.63) is 127 Å². The van der Waals surface area contributed by atoms with Crippen LogP contribution >= 0.6 is 0 Å². The van der Waals surface area contributed by atoms with Crippen LogP contribution in [0, 0.1) is 17.8 Å². The molecule has 4 fully saturated rings. The molecule has 4 aliphatic carbocycles. The molecule has 3 aromatic heterocycles. The standard InChI is InChI=1S/C45H35N3O2/c1-3-7-30(8-4-1)38-22-39(48-44(47-38)31-9-5-2-6-10-31)37-16-15-34(43-42(37)46-26-49-43)32-11-13-35-36-14-12-33(21-41(36)50-40(35)20-32)45-23-27-17-28(24-45)19-29(18-27)25-45/h1-16,20-22,26-29H,17-19,23-25H2. The van der Waals surface area contributed by atoms with Crippen molar-refractivity contribution in [2.24, 2.45) is 17.8 Å². The first kappa shape index (κ1) is 28.3. The molecule has 0 unspecified atom stereocenters. The van der Waals surface area contributed by atoms with Gasteiger partial charge in [0.2, 0.25) is 0 Å². The van der Waals surface area contributed by atoms with Crippen molar-refractivity contribution in [2.75, 3.05) is 0 Å². The minimum Gasteiger partial charge on any atom is -0.456 e. The van der Waals surface area contributed by atoms with Gasteiger partial charge >= 0.3 is 0 Å². The molecule has 0 amide bonds. The number of furan rings is 1. The molecule has 4 saturated carbocycles. The third kappa shape index (κ3) is 4.42. The van der Waals surface area contributed by atoms with Gasteiger partial charge in [0.15, 0.2) is 17.8 Å². The van der Waals surface area contributed by atoms with Gasteiger partial charge < -0.3 is 8.83 Å². The minimum absolute atomic E-state index is 0.347. The first-order chi connectivity index (χ1) is 24.7. The number of rotatable bonds is 5. The lowest BCUT2D eigenvalue weighted by molar-refractivity contribution is -0.00515. The lowest BCUT2D eigenvalue weighted by Crippen LogP contribution is -2.48. The van der Waals surface area contributed by atoms with Crippen molar-refractivity contribution >= 4 is 33.0 Å². The van der Waals surface area contributed by atoms with Crippen LogP contribution < -0.4 is 0 Å². The van der Waals surface area contributed by atoms with E-state index in [9.17, 15) is 0 Å². The summed E-state index contributed by atoms with van der Waals surface area (Å²) < 4.78 is 12.8. The van der Waals surface area contributed by atoms with Gasteiger partial charge in [0.25, 0.3) is 0 Å². The zero-order valence-electron chi connectivity index (χ0n) is 27.7. The van der Waals surface area contributed by atoms with Gasteiger partial charge in [-0.3, -0.25) is 0 Å². The van der Waals surface area contributed by atoms with Gasteiger partial charge in [-0.2, -0.15) is 0 Å². The highest BCUT2D eigenvalue weighted by Crippen LogP contribution is 2.61. The van der Waals surface area contributed by atoms with E-state index in [1.165, 1.54) is 55.9 Å². The number of hydrogen-bond acceptors (Lipinski definition) is 5. The summed E-state index contributed by atoms with van der Waals surface area (Å²) in [6, 6.07) is 40.2. The van der Waals surface area contributed by atoms with Gasteiger partial charge in [-0.25, -0.2) is 15.0 Å². The van der Waals surface area contributed by atoms with E-state index in [0.717, 1.165) is 84.6 Å². The number of nitrogens with zero attached hydrogens (tertiary/aromatic N) is 3. The van der Waals surface area contributed by atoms with Gasteiger partial charge in [0.05, 0.1) is 11.4 Å². The Balaban J connectivity index is 0.996. The van der Waals surface area contributed by atoms with E-state index < -0.39 is 0 Å². The fourth-order valence-corrected chi connectivity index (χ4v) is 10.2. The fraction of sp³-hybridized carbons (Fsp3) is 0.222. The van der Waals surface area contributed by atoms with Gasteiger partial charge in [-0.1, -0.05) is 78.9 Å². The summed E-state index contributed by atoms with van der Waals surface area (Å²) in [6.07, 6.45) is 9.96. The fourth-order valence-electron chi connectivity index (χ4n) is 10.2. The van der Waals surface area contributed by atoms with Crippen LogP contribution in [0.3, 0.4) is 0 Å². The van der Waals surface area contributed by atoms with Gasteiger partial charge in [0.1, 0.15) is 16.7 Å². The summed E-state index contributed by atoms with van der Waals surface area (Å²) in [7, 11) is 0. The Bertz CT molecular complexity index is 2490. The maximum absolute atomic E-state index is 6.65. The van der Waals surface area contributed by atoms with E-state index in [4.69, 9.17) is 23.8 Å². The quantitative estimate of drug-likeness (QED) is 0.186. The van der Waals surface area contributed by atoms with E-state index in [1.54, 1.807) is 0 Å². The molecule has 3 heterocycles. The topological polar surface area (TPSA) is 65.0 Å². The molecule has 0 N–H and O–H groups in total. The van der Waals surface area contributed by atoms with Crippen molar-refractivity contribution in [2.45, 2.75) is 43.9 Å². The molecule has 5 nitrogen and oxygen atoms in total. The largest absolute Gasteiger partial charge is 0.456 e. The number of aromatic nitrogens is 3. The SMILES string of the molecule is c1ccc(-c2cc(-c3ccc(-c4ccc5c(c4)oc4cc(C67CC8CC(CC(C8)C6)C7)ccc45)c4ocnc34)nc(-c3ccccc3)n2)cc1. The van der Waals surface area contributed by atoms with Crippen LogP contribution in [0.5, 0.6) is 0 Å². The van der Waals surface area contributed by atoms with E-state index >= 15 is 0 Å². The van der Waals surface area contributed by atoms with Gasteiger partial charge in [0, 0.05) is 33.0 Å². The molecule has 0 spiro atoms. The Morgan fingerprint density at radius 3 is 1.94 bits per heavy atom. The number of fused-ring (bicyclic) bond motifs is 4. The van der Waals surface area contributed by atoms with Crippen molar-refractivity contribution in [3.63, 3.8) is 0 Å². The van der Waals surface area contributed by atoms with Crippen molar-refractivity contribution in [1.29, 1.82) is 0 Å². The molecule has 5 heteroatoms. The molecule has 12 rings (SSSR count). The molecule has 0 aliphatic heterocycles. The smallest absolute Gasteiger partial charge is 0.182 e. The second-order valence-electron chi connectivity index (χ2n) is 15.1. The second kappa shape index (κ2) is 10.7. The molecular weight excluding hydrogens is 615 g/mol. The second-order valence-corrected chi connectivity index (χ2v) is 15.1. The Kier molecular flexibility index (Phi) is 6.07. The van der Waals surface area contributed by atoms with E-state index in [1.807, 2.05) is 54.6 Å². The Morgan fingerprint density at radius 1 is 0.560 bits per heavy atom. The average Bonchev–Trinajstić information content (AvgIpc) is 3.79. The molecule has 0 saturated heterocycles. The summed E-state index contributed by atoms with van der Waals surface area (Å²) in [4.78, 5) is 14.7. The lowest BCUT2D eigenvalue weighted by Gasteiger charge is -2.57. The number of hydrogen-bond donors (Lipinski definition) is 0. The maximum atomic E-state index is 6.65. The highest BCUT2D eigenvalue weighted by Gasteiger charge is 2.51. The van der Waals surface area contributed by atoms with Gasteiger partial charge in [-0.15, -0.1) is 0 Å². The number of benzene rings is 5.